The lowest BCUT2D eigenvalue weighted by molar-refractivity contribution is -0.126. The van der Waals surface area contributed by atoms with E-state index in [1.165, 1.54) is 5.56 Å². The van der Waals surface area contributed by atoms with Gasteiger partial charge in [-0.3, -0.25) is 14.7 Å². The van der Waals surface area contributed by atoms with Crippen molar-refractivity contribution >= 4 is 5.91 Å². The maximum absolute atomic E-state index is 12.4. The van der Waals surface area contributed by atoms with Gasteiger partial charge in [0.15, 0.2) is 0 Å². The molecule has 0 bridgehead atoms. The van der Waals surface area contributed by atoms with Gasteiger partial charge in [0.05, 0.1) is 5.69 Å². The molecule has 0 aliphatic carbocycles. The highest BCUT2D eigenvalue weighted by atomic mass is 16.1. The number of benzene rings is 1. The highest BCUT2D eigenvalue weighted by Gasteiger charge is 2.27. The van der Waals surface area contributed by atoms with Gasteiger partial charge in [0.1, 0.15) is 0 Å². The summed E-state index contributed by atoms with van der Waals surface area (Å²) in [6.07, 6.45) is 3.67. The maximum Gasteiger partial charge on any atom is 0.223 e. The third-order valence-corrected chi connectivity index (χ3v) is 5.15. The molecule has 2 aromatic rings. The number of piperidine rings is 1. The quantitative estimate of drug-likeness (QED) is 0.908. The molecule has 1 atom stereocenters. The Hall–Kier alpha value is -2.20. The number of likely N-dealkylation sites (tertiary alicyclic amines) is 1. The van der Waals surface area contributed by atoms with E-state index in [4.69, 9.17) is 0 Å². The zero-order valence-electron chi connectivity index (χ0n) is 15.1. The van der Waals surface area contributed by atoms with E-state index in [1.807, 2.05) is 18.3 Å². The van der Waals surface area contributed by atoms with Gasteiger partial charge in [-0.1, -0.05) is 35.9 Å². The Morgan fingerprint density at radius 1 is 1.20 bits per heavy atom. The third kappa shape index (κ3) is 4.67. The number of nitrogens with one attached hydrogen (secondary N) is 1. The molecule has 1 aliphatic heterocycles. The van der Waals surface area contributed by atoms with Crippen molar-refractivity contribution in [1.29, 1.82) is 0 Å². The Balaban J connectivity index is 1.46. The molecule has 3 rings (SSSR count). The monoisotopic (exact) mass is 337 g/mol. The largest absolute Gasteiger partial charge is 0.352 e. The van der Waals surface area contributed by atoms with Gasteiger partial charge in [0, 0.05) is 24.7 Å². The minimum atomic E-state index is 0.123. The second-order valence-electron chi connectivity index (χ2n) is 6.94. The summed E-state index contributed by atoms with van der Waals surface area (Å²) in [5, 5.41) is 3.09. The molecule has 4 heteroatoms. The van der Waals surface area contributed by atoms with Crippen molar-refractivity contribution in [2.45, 2.75) is 39.3 Å². The predicted octanol–water partition coefficient (Wildman–Crippen LogP) is 3.48. The van der Waals surface area contributed by atoms with E-state index in [0.29, 0.717) is 12.6 Å². The summed E-state index contributed by atoms with van der Waals surface area (Å²) in [6.45, 7) is 6.77. The van der Waals surface area contributed by atoms with Gasteiger partial charge < -0.3 is 5.32 Å². The molecule has 25 heavy (non-hydrogen) atoms. The normalized spacial score (nSPS) is 17.2. The van der Waals surface area contributed by atoms with Crippen LogP contribution in [0.3, 0.4) is 0 Å². The van der Waals surface area contributed by atoms with Crippen molar-refractivity contribution in [3.63, 3.8) is 0 Å². The molecule has 2 heterocycles. The maximum atomic E-state index is 12.4. The topological polar surface area (TPSA) is 45.2 Å². The molecular weight excluding hydrogens is 310 g/mol. The van der Waals surface area contributed by atoms with Crippen molar-refractivity contribution in [2.75, 3.05) is 13.1 Å². The summed E-state index contributed by atoms with van der Waals surface area (Å²) in [5.74, 6) is 0.309. The first-order chi connectivity index (χ1) is 12.1. The number of hydrogen-bond donors (Lipinski definition) is 1. The lowest BCUT2D eigenvalue weighted by atomic mass is 9.94. The molecule has 1 aromatic heterocycles. The molecule has 132 valence electrons. The van der Waals surface area contributed by atoms with E-state index < -0.39 is 0 Å². The molecule has 0 saturated carbocycles. The zero-order chi connectivity index (χ0) is 17.6. The van der Waals surface area contributed by atoms with Crippen LogP contribution >= 0.6 is 0 Å². The van der Waals surface area contributed by atoms with Gasteiger partial charge in [-0.15, -0.1) is 0 Å². The number of rotatable bonds is 5. The third-order valence-electron chi connectivity index (χ3n) is 5.15. The zero-order valence-corrected chi connectivity index (χ0v) is 15.1. The number of carbonyl (C=O) groups is 1. The van der Waals surface area contributed by atoms with Crippen molar-refractivity contribution in [3.8, 4) is 0 Å². The van der Waals surface area contributed by atoms with E-state index in [1.54, 1.807) is 0 Å². The van der Waals surface area contributed by atoms with Crippen LogP contribution in [0.4, 0.5) is 0 Å². The fourth-order valence-corrected chi connectivity index (χ4v) is 3.40. The fraction of sp³-hybridized carbons (Fsp3) is 0.429. The van der Waals surface area contributed by atoms with Crippen LogP contribution in [0.25, 0.3) is 0 Å². The summed E-state index contributed by atoms with van der Waals surface area (Å²) in [4.78, 5) is 19.3. The number of aromatic nitrogens is 1. The molecule has 1 unspecified atom stereocenters. The number of amides is 1. The molecule has 1 N–H and O–H groups in total. The van der Waals surface area contributed by atoms with Crippen LogP contribution in [0, 0.1) is 12.8 Å². The Morgan fingerprint density at radius 3 is 2.56 bits per heavy atom. The Bertz CT molecular complexity index is 676. The van der Waals surface area contributed by atoms with Crippen molar-refractivity contribution in [3.05, 3.63) is 65.5 Å². The van der Waals surface area contributed by atoms with E-state index in [9.17, 15) is 4.79 Å². The average molecular weight is 337 g/mol. The predicted molar refractivity (Wildman–Crippen MR) is 100.0 cm³/mol. The van der Waals surface area contributed by atoms with Crippen LogP contribution < -0.4 is 5.32 Å². The van der Waals surface area contributed by atoms with Gasteiger partial charge in [0.2, 0.25) is 5.91 Å². The van der Waals surface area contributed by atoms with Crippen molar-refractivity contribution < 1.29 is 4.79 Å². The van der Waals surface area contributed by atoms with E-state index in [0.717, 1.165) is 37.2 Å². The van der Waals surface area contributed by atoms with Crippen LogP contribution in [0.2, 0.25) is 0 Å². The highest BCUT2D eigenvalue weighted by molar-refractivity contribution is 5.78. The van der Waals surface area contributed by atoms with Gasteiger partial charge in [-0.2, -0.15) is 0 Å². The molecule has 1 amide bonds. The average Bonchev–Trinajstić information content (AvgIpc) is 2.67. The van der Waals surface area contributed by atoms with E-state index in [-0.39, 0.29) is 11.8 Å². The summed E-state index contributed by atoms with van der Waals surface area (Å²) < 4.78 is 0. The first-order valence-corrected chi connectivity index (χ1v) is 9.11. The van der Waals surface area contributed by atoms with Crippen molar-refractivity contribution in [2.24, 2.45) is 5.92 Å². The standard InChI is InChI=1S/C21H27N3O/c1-16-6-8-18(9-7-16)15-23-21(25)19-10-13-24(14-11-19)17(2)20-5-3-4-12-22-20/h3-9,12,17,19H,10-11,13-15H2,1-2H3,(H,23,25). The summed E-state index contributed by atoms with van der Waals surface area (Å²) in [7, 11) is 0. The van der Waals surface area contributed by atoms with Gasteiger partial charge in [0.25, 0.3) is 0 Å². The van der Waals surface area contributed by atoms with Crippen molar-refractivity contribution in [1.82, 2.24) is 15.2 Å². The molecule has 0 spiro atoms. The van der Waals surface area contributed by atoms with Crippen LogP contribution in [0.1, 0.15) is 42.6 Å². The summed E-state index contributed by atoms with van der Waals surface area (Å²) in [6, 6.07) is 14.7. The molecule has 4 nitrogen and oxygen atoms in total. The summed E-state index contributed by atoms with van der Waals surface area (Å²) >= 11 is 0. The Morgan fingerprint density at radius 2 is 1.92 bits per heavy atom. The smallest absolute Gasteiger partial charge is 0.223 e. The number of carbonyl (C=O) groups excluding carboxylic acids is 1. The second-order valence-corrected chi connectivity index (χ2v) is 6.94. The molecular formula is C21H27N3O. The lowest BCUT2D eigenvalue weighted by Crippen LogP contribution is -2.41. The van der Waals surface area contributed by atoms with E-state index in [2.05, 4.69) is 59.4 Å². The number of aryl methyl sites for hydroxylation is 1. The highest BCUT2D eigenvalue weighted by Crippen LogP contribution is 2.25. The summed E-state index contributed by atoms with van der Waals surface area (Å²) in [5.41, 5.74) is 3.49. The van der Waals surface area contributed by atoms with Gasteiger partial charge in [-0.25, -0.2) is 0 Å². The van der Waals surface area contributed by atoms with E-state index >= 15 is 0 Å². The van der Waals surface area contributed by atoms with Crippen LogP contribution in [-0.2, 0) is 11.3 Å². The molecule has 1 fully saturated rings. The minimum Gasteiger partial charge on any atom is -0.352 e. The molecule has 1 aliphatic rings. The van der Waals surface area contributed by atoms with Crippen LogP contribution in [0.5, 0.6) is 0 Å². The first-order valence-electron chi connectivity index (χ1n) is 9.11. The number of nitrogens with zero attached hydrogens (tertiary/aromatic N) is 2. The van der Waals surface area contributed by atoms with Gasteiger partial charge in [-0.05, 0) is 57.5 Å². The van der Waals surface area contributed by atoms with Gasteiger partial charge >= 0.3 is 0 Å². The SMILES string of the molecule is Cc1ccc(CNC(=O)C2CCN(C(C)c3ccccn3)CC2)cc1. The number of hydrogen-bond acceptors (Lipinski definition) is 3. The number of pyridine rings is 1. The lowest BCUT2D eigenvalue weighted by Gasteiger charge is -2.35. The first kappa shape index (κ1) is 17.6. The van der Waals surface area contributed by atoms with Crippen LogP contribution in [0.15, 0.2) is 48.7 Å². The second kappa shape index (κ2) is 8.26. The fourth-order valence-electron chi connectivity index (χ4n) is 3.40. The Kier molecular flexibility index (Phi) is 5.82. The molecule has 1 aromatic carbocycles. The van der Waals surface area contributed by atoms with Crippen LogP contribution in [-0.4, -0.2) is 28.9 Å². The Labute approximate surface area is 150 Å². The molecule has 0 radical (unpaired) electrons. The molecule has 1 saturated heterocycles. The minimum absolute atomic E-state index is 0.123.